The van der Waals surface area contributed by atoms with Gasteiger partial charge in [0.25, 0.3) is 5.91 Å². The normalized spacial score (nSPS) is 10.8. The van der Waals surface area contributed by atoms with Crippen molar-refractivity contribution in [3.63, 3.8) is 0 Å². The van der Waals surface area contributed by atoms with Crippen molar-refractivity contribution in [2.45, 2.75) is 13.3 Å². The molecular weight excluding hydrogens is 440 g/mol. The van der Waals surface area contributed by atoms with E-state index < -0.39 is 5.82 Å². The fourth-order valence-electron chi connectivity index (χ4n) is 3.06. The number of nitrogens with zero attached hydrogens (tertiary/aromatic N) is 1. The zero-order valence-corrected chi connectivity index (χ0v) is 18.9. The lowest BCUT2D eigenvalue weighted by molar-refractivity contribution is -0.130. The SMILES string of the molecule is Cc1ccc(F)c(-c2cc(Cc3c(Cl)cc(OCC(=O)N(C)C)cc3Cl)ccc2O)c1. The van der Waals surface area contributed by atoms with Gasteiger partial charge in [0.05, 0.1) is 0 Å². The number of benzene rings is 3. The van der Waals surface area contributed by atoms with Gasteiger partial charge >= 0.3 is 0 Å². The standard InChI is InChI=1S/C24H22Cl2FNO3/c1-14-4-6-22(27)17(8-14)18-9-15(5-7-23(18)29)10-19-20(25)11-16(12-21(19)26)31-13-24(30)28(2)3/h4-9,11-12,29H,10,13H2,1-3H3. The molecule has 31 heavy (non-hydrogen) atoms. The third-order valence-corrected chi connectivity index (χ3v) is 5.50. The van der Waals surface area contributed by atoms with E-state index in [0.717, 1.165) is 11.1 Å². The van der Waals surface area contributed by atoms with Crippen LogP contribution in [-0.4, -0.2) is 36.6 Å². The minimum atomic E-state index is -0.414. The van der Waals surface area contributed by atoms with Crippen molar-refractivity contribution in [3.8, 4) is 22.6 Å². The monoisotopic (exact) mass is 461 g/mol. The number of phenolic OH excluding ortho intramolecular Hbond substituents is 1. The van der Waals surface area contributed by atoms with Crippen LogP contribution in [0.4, 0.5) is 4.39 Å². The highest BCUT2D eigenvalue weighted by Gasteiger charge is 2.15. The molecule has 0 aliphatic heterocycles. The van der Waals surface area contributed by atoms with Crippen LogP contribution >= 0.6 is 23.2 Å². The Morgan fingerprint density at radius 1 is 1.03 bits per heavy atom. The number of aryl methyl sites for hydroxylation is 1. The van der Waals surface area contributed by atoms with Crippen LogP contribution in [0.1, 0.15) is 16.7 Å². The number of rotatable bonds is 6. The Morgan fingerprint density at radius 3 is 2.35 bits per heavy atom. The number of halogens is 3. The van der Waals surface area contributed by atoms with Gasteiger partial charge in [-0.15, -0.1) is 0 Å². The fourth-order valence-corrected chi connectivity index (χ4v) is 3.67. The number of phenols is 1. The first-order valence-corrected chi connectivity index (χ1v) is 10.3. The molecular formula is C24H22Cl2FNO3. The van der Waals surface area contributed by atoms with Gasteiger partial charge in [-0.1, -0.05) is 40.9 Å². The molecule has 3 rings (SSSR count). The van der Waals surface area contributed by atoms with E-state index in [2.05, 4.69) is 0 Å². The number of hydrogen-bond acceptors (Lipinski definition) is 3. The molecule has 0 fully saturated rings. The molecule has 4 nitrogen and oxygen atoms in total. The molecule has 0 aliphatic rings. The summed E-state index contributed by atoms with van der Waals surface area (Å²) in [4.78, 5) is 13.1. The lowest BCUT2D eigenvalue weighted by Crippen LogP contribution is -2.27. The molecule has 0 aliphatic carbocycles. The highest BCUT2D eigenvalue weighted by Crippen LogP contribution is 2.36. The lowest BCUT2D eigenvalue weighted by Gasteiger charge is -2.14. The number of aromatic hydroxyl groups is 1. The predicted octanol–water partition coefficient (Wildman–Crippen LogP) is 5.87. The summed E-state index contributed by atoms with van der Waals surface area (Å²) in [5.74, 6) is -0.221. The summed E-state index contributed by atoms with van der Waals surface area (Å²) in [6.07, 6.45) is 0.370. The van der Waals surface area contributed by atoms with Crippen molar-refractivity contribution in [2.75, 3.05) is 20.7 Å². The molecule has 0 radical (unpaired) electrons. The van der Waals surface area contributed by atoms with E-state index in [1.807, 2.05) is 6.92 Å². The maximum atomic E-state index is 14.4. The first-order chi connectivity index (χ1) is 14.7. The first-order valence-electron chi connectivity index (χ1n) is 9.55. The molecule has 1 N–H and O–H groups in total. The average molecular weight is 462 g/mol. The van der Waals surface area contributed by atoms with Crippen LogP contribution in [0, 0.1) is 12.7 Å². The van der Waals surface area contributed by atoms with Gasteiger partial charge in [-0.05, 0) is 54.4 Å². The van der Waals surface area contributed by atoms with Crippen LogP contribution in [0.15, 0.2) is 48.5 Å². The summed E-state index contributed by atoms with van der Waals surface area (Å²) in [7, 11) is 3.28. The van der Waals surface area contributed by atoms with Crippen molar-refractivity contribution < 1.29 is 19.0 Å². The van der Waals surface area contributed by atoms with Gasteiger partial charge in [-0.3, -0.25) is 4.79 Å². The molecule has 0 aromatic heterocycles. The number of likely N-dealkylation sites (N-methyl/N-ethyl adjacent to an activating group) is 1. The van der Waals surface area contributed by atoms with E-state index in [0.29, 0.717) is 38.9 Å². The molecule has 0 unspecified atom stereocenters. The van der Waals surface area contributed by atoms with Gasteiger partial charge in [0.2, 0.25) is 0 Å². The molecule has 7 heteroatoms. The molecule has 0 saturated carbocycles. The summed E-state index contributed by atoms with van der Waals surface area (Å²) in [5.41, 5.74) is 3.07. The van der Waals surface area contributed by atoms with Crippen LogP contribution in [0.3, 0.4) is 0 Å². The molecule has 3 aromatic rings. The predicted molar refractivity (Wildman–Crippen MR) is 122 cm³/mol. The summed E-state index contributed by atoms with van der Waals surface area (Å²) in [6.45, 7) is 1.74. The van der Waals surface area contributed by atoms with Gasteiger partial charge in [0.1, 0.15) is 17.3 Å². The Hall–Kier alpha value is -2.76. The van der Waals surface area contributed by atoms with Crippen molar-refractivity contribution in [2.24, 2.45) is 0 Å². The molecule has 162 valence electrons. The Morgan fingerprint density at radius 2 is 1.71 bits per heavy atom. The minimum Gasteiger partial charge on any atom is -0.507 e. The Labute approximate surface area is 190 Å². The topological polar surface area (TPSA) is 49.8 Å². The number of ether oxygens (including phenoxy) is 1. The summed E-state index contributed by atoms with van der Waals surface area (Å²) < 4.78 is 19.8. The van der Waals surface area contributed by atoms with Crippen molar-refractivity contribution in [3.05, 3.63) is 81.1 Å². The minimum absolute atomic E-state index is 0.0141. The molecule has 0 atom stereocenters. The van der Waals surface area contributed by atoms with Crippen LogP contribution < -0.4 is 4.74 Å². The summed E-state index contributed by atoms with van der Waals surface area (Å²) >= 11 is 12.9. The molecule has 0 spiro atoms. The molecule has 0 saturated heterocycles. The van der Waals surface area contributed by atoms with Gasteiger partial charge in [-0.25, -0.2) is 4.39 Å². The molecule has 1 amide bonds. The third-order valence-electron chi connectivity index (χ3n) is 4.83. The van der Waals surface area contributed by atoms with E-state index in [1.165, 1.54) is 17.0 Å². The van der Waals surface area contributed by atoms with Crippen LogP contribution in [0.5, 0.6) is 11.5 Å². The van der Waals surface area contributed by atoms with Gasteiger partial charge in [-0.2, -0.15) is 0 Å². The number of amides is 1. The second-order valence-electron chi connectivity index (χ2n) is 7.45. The van der Waals surface area contributed by atoms with E-state index in [1.54, 1.807) is 50.5 Å². The Kier molecular flexibility index (Phi) is 7.08. The Bertz CT molecular complexity index is 1110. The van der Waals surface area contributed by atoms with Crippen LogP contribution in [0.25, 0.3) is 11.1 Å². The maximum absolute atomic E-state index is 14.4. The second-order valence-corrected chi connectivity index (χ2v) is 8.27. The lowest BCUT2D eigenvalue weighted by atomic mass is 9.97. The van der Waals surface area contributed by atoms with Crippen molar-refractivity contribution in [1.82, 2.24) is 4.90 Å². The van der Waals surface area contributed by atoms with Gasteiger partial charge in [0.15, 0.2) is 6.61 Å². The Balaban J connectivity index is 1.87. The summed E-state index contributed by atoms with van der Waals surface area (Å²) in [5, 5.41) is 11.1. The van der Waals surface area contributed by atoms with Crippen LogP contribution in [-0.2, 0) is 11.2 Å². The van der Waals surface area contributed by atoms with Gasteiger partial charge < -0.3 is 14.7 Å². The highest BCUT2D eigenvalue weighted by atomic mass is 35.5. The van der Waals surface area contributed by atoms with Crippen molar-refractivity contribution in [1.29, 1.82) is 0 Å². The fraction of sp³-hybridized carbons (Fsp3) is 0.208. The van der Waals surface area contributed by atoms with E-state index in [4.69, 9.17) is 27.9 Å². The number of carbonyl (C=O) groups is 1. The van der Waals surface area contributed by atoms with E-state index in [-0.39, 0.29) is 18.3 Å². The first kappa shape index (κ1) is 22.9. The second kappa shape index (κ2) is 9.58. The maximum Gasteiger partial charge on any atom is 0.259 e. The van der Waals surface area contributed by atoms with Gasteiger partial charge in [0, 0.05) is 41.7 Å². The average Bonchev–Trinajstić information content (AvgIpc) is 2.71. The zero-order valence-electron chi connectivity index (χ0n) is 17.4. The molecule has 3 aromatic carbocycles. The smallest absolute Gasteiger partial charge is 0.259 e. The number of carbonyl (C=O) groups excluding carboxylic acids is 1. The van der Waals surface area contributed by atoms with Crippen molar-refractivity contribution >= 4 is 29.1 Å². The quantitative estimate of drug-likeness (QED) is 0.499. The summed E-state index contributed by atoms with van der Waals surface area (Å²) in [6, 6.07) is 12.9. The van der Waals surface area contributed by atoms with E-state index in [9.17, 15) is 14.3 Å². The number of hydrogen-bond donors (Lipinski definition) is 1. The molecule has 0 bridgehead atoms. The largest absolute Gasteiger partial charge is 0.507 e. The zero-order chi connectivity index (χ0) is 22.7. The highest BCUT2D eigenvalue weighted by molar-refractivity contribution is 6.36. The molecule has 0 heterocycles. The van der Waals surface area contributed by atoms with E-state index >= 15 is 0 Å². The van der Waals surface area contributed by atoms with Crippen LogP contribution in [0.2, 0.25) is 10.0 Å². The third kappa shape index (κ3) is 5.49.